The van der Waals surface area contributed by atoms with Crippen LogP contribution < -0.4 is 5.73 Å². The number of non-ortho nitro benzene ring substituents is 1. The van der Waals surface area contributed by atoms with Crippen LogP contribution in [0.15, 0.2) is 30.5 Å². The third-order valence-electron chi connectivity index (χ3n) is 3.11. The lowest BCUT2D eigenvalue weighted by molar-refractivity contribution is -0.384. The molecule has 1 aromatic heterocycles. The molecule has 18 heavy (non-hydrogen) atoms. The van der Waals surface area contributed by atoms with Crippen LogP contribution >= 0.6 is 0 Å². The van der Waals surface area contributed by atoms with E-state index >= 15 is 0 Å². The molecule has 0 radical (unpaired) electrons. The molecule has 0 aliphatic heterocycles. The van der Waals surface area contributed by atoms with Gasteiger partial charge in [0.25, 0.3) is 5.69 Å². The molecule has 2 N–H and O–H groups in total. The number of hydrogen-bond donors (Lipinski definition) is 1. The van der Waals surface area contributed by atoms with E-state index in [1.807, 2.05) is 0 Å². The number of nitrogens with two attached hydrogens (primary N) is 1. The van der Waals surface area contributed by atoms with E-state index in [9.17, 15) is 10.1 Å². The minimum Gasteiger partial charge on any atom is -0.396 e. The highest BCUT2D eigenvalue weighted by Gasteiger charge is 2.30. The minimum atomic E-state index is -0.414. The van der Waals surface area contributed by atoms with Crippen LogP contribution in [-0.4, -0.2) is 14.7 Å². The van der Waals surface area contributed by atoms with Crippen LogP contribution in [0.3, 0.4) is 0 Å². The lowest BCUT2D eigenvalue weighted by Gasteiger charge is -2.06. The summed E-state index contributed by atoms with van der Waals surface area (Å²) >= 11 is 0. The zero-order valence-electron chi connectivity index (χ0n) is 9.61. The van der Waals surface area contributed by atoms with Gasteiger partial charge >= 0.3 is 0 Å². The minimum absolute atomic E-state index is 0.0758. The summed E-state index contributed by atoms with van der Waals surface area (Å²) < 4.78 is 1.77. The summed E-state index contributed by atoms with van der Waals surface area (Å²) in [5.41, 5.74) is 8.49. The zero-order valence-corrected chi connectivity index (χ0v) is 9.61. The van der Waals surface area contributed by atoms with Crippen LogP contribution in [-0.2, 0) is 0 Å². The van der Waals surface area contributed by atoms with Crippen molar-refractivity contribution in [2.24, 2.45) is 0 Å². The zero-order chi connectivity index (χ0) is 12.7. The molecule has 0 bridgehead atoms. The van der Waals surface area contributed by atoms with Gasteiger partial charge in [-0.2, -0.15) is 5.10 Å². The molecule has 0 atom stereocenters. The molecule has 0 spiro atoms. The Morgan fingerprint density at radius 2 is 2.00 bits per heavy atom. The summed E-state index contributed by atoms with van der Waals surface area (Å²) in [5, 5.41) is 14.8. The van der Waals surface area contributed by atoms with Crippen LogP contribution in [0.5, 0.6) is 0 Å². The van der Waals surface area contributed by atoms with Crippen molar-refractivity contribution < 1.29 is 4.92 Å². The van der Waals surface area contributed by atoms with E-state index < -0.39 is 4.92 Å². The SMILES string of the molecule is Nc1cnn(-c2ccc([N+](=O)[O-])cc2)c1C1CC1. The molecular weight excluding hydrogens is 232 g/mol. The summed E-state index contributed by atoms with van der Waals surface area (Å²) in [6.45, 7) is 0. The second kappa shape index (κ2) is 3.83. The maximum atomic E-state index is 10.6. The van der Waals surface area contributed by atoms with Crippen molar-refractivity contribution in [2.45, 2.75) is 18.8 Å². The summed E-state index contributed by atoms with van der Waals surface area (Å²) in [7, 11) is 0. The Labute approximate surface area is 103 Å². The molecule has 3 rings (SSSR count). The first-order chi connectivity index (χ1) is 8.66. The van der Waals surface area contributed by atoms with Crippen molar-refractivity contribution in [3.05, 3.63) is 46.3 Å². The molecule has 1 heterocycles. The van der Waals surface area contributed by atoms with Gasteiger partial charge < -0.3 is 5.73 Å². The van der Waals surface area contributed by atoms with Crippen molar-refractivity contribution in [1.82, 2.24) is 9.78 Å². The van der Waals surface area contributed by atoms with Gasteiger partial charge in [0.15, 0.2) is 0 Å². The Hall–Kier alpha value is -2.37. The molecule has 1 aliphatic rings. The molecule has 2 aromatic rings. The van der Waals surface area contributed by atoms with Gasteiger partial charge in [-0.25, -0.2) is 4.68 Å². The van der Waals surface area contributed by atoms with Gasteiger partial charge in [-0.1, -0.05) is 0 Å². The second-order valence-electron chi connectivity index (χ2n) is 4.44. The van der Waals surface area contributed by atoms with Crippen LogP contribution in [0.4, 0.5) is 11.4 Å². The van der Waals surface area contributed by atoms with Crippen molar-refractivity contribution in [2.75, 3.05) is 5.73 Å². The molecule has 6 nitrogen and oxygen atoms in total. The van der Waals surface area contributed by atoms with E-state index in [-0.39, 0.29) is 5.69 Å². The lowest BCUT2D eigenvalue weighted by atomic mass is 10.2. The Kier molecular flexibility index (Phi) is 2.29. The molecule has 1 aromatic carbocycles. The molecular formula is C12H12N4O2. The molecule has 1 saturated carbocycles. The summed E-state index contributed by atoms with van der Waals surface area (Å²) in [6, 6.07) is 6.33. The average Bonchev–Trinajstić information content (AvgIpc) is 3.13. The van der Waals surface area contributed by atoms with Crippen LogP contribution in [0.25, 0.3) is 5.69 Å². The third kappa shape index (κ3) is 1.71. The highest BCUT2D eigenvalue weighted by Crippen LogP contribution is 2.43. The van der Waals surface area contributed by atoms with Crippen LogP contribution in [0, 0.1) is 10.1 Å². The number of nitro benzene ring substituents is 1. The van der Waals surface area contributed by atoms with Gasteiger partial charge in [0.1, 0.15) is 0 Å². The molecule has 92 valence electrons. The maximum absolute atomic E-state index is 10.6. The number of benzene rings is 1. The molecule has 1 fully saturated rings. The number of nitrogen functional groups attached to an aromatic ring is 1. The smallest absolute Gasteiger partial charge is 0.269 e. The molecule has 1 aliphatic carbocycles. The fraction of sp³-hybridized carbons (Fsp3) is 0.250. The quantitative estimate of drug-likeness (QED) is 0.662. The number of aromatic nitrogens is 2. The highest BCUT2D eigenvalue weighted by molar-refractivity contribution is 5.50. The summed E-state index contributed by atoms with van der Waals surface area (Å²) in [5.74, 6) is 0.475. The molecule has 0 unspecified atom stereocenters. The van der Waals surface area contributed by atoms with E-state index in [1.54, 1.807) is 23.0 Å². The number of rotatable bonds is 3. The van der Waals surface area contributed by atoms with Crippen molar-refractivity contribution in [3.8, 4) is 5.69 Å². The van der Waals surface area contributed by atoms with E-state index in [4.69, 9.17) is 5.73 Å². The van der Waals surface area contributed by atoms with Gasteiger partial charge in [0, 0.05) is 18.1 Å². The fourth-order valence-electron chi connectivity index (χ4n) is 2.06. The van der Waals surface area contributed by atoms with E-state index in [0.29, 0.717) is 11.6 Å². The van der Waals surface area contributed by atoms with Gasteiger partial charge in [0.2, 0.25) is 0 Å². The summed E-state index contributed by atoms with van der Waals surface area (Å²) in [4.78, 5) is 10.2. The van der Waals surface area contributed by atoms with E-state index in [2.05, 4.69) is 5.10 Å². The predicted molar refractivity (Wildman–Crippen MR) is 66.6 cm³/mol. The van der Waals surface area contributed by atoms with Crippen molar-refractivity contribution >= 4 is 11.4 Å². The number of anilines is 1. The second-order valence-corrected chi connectivity index (χ2v) is 4.44. The monoisotopic (exact) mass is 244 g/mol. The maximum Gasteiger partial charge on any atom is 0.269 e. The van der Waals surface area contributed by atoms with E-state index in [1.165, 1.54) is 12.1 Å². The third-order valence-corrected chi connectivity index (χ3v) is 3.11. The average molecular weight is 244 g/mol. The predicted octanol–water partition coefficient (Wildman–Crippen LogP) is 2.24. The molecule has 0 amide bonds. The van der Waals surface area contributed by atoms with Gasteiger partial charge in [-0.3, -0.25) is 10.1 Å². The molecule has 0 saturated heterocycles. The standard InChI is InChI=1S/C12H12N4O2/c13-11-7-14-15(12(11)8-1-2-8)9-3-5-10(6-4-9)16(17)18/h3-8H,1-2,13H2. The fourth-order valence-corrected chi connectivity index (χ4v) is 2.06. The first-order valence-corrected chi connectivity index (χ1v) is 5.75. The van der Waals surface area contributed by atoms with Gasteiger partial charge in [-0.05, 0) is 25.0 Å². The van der Waals surface area contributed by atoms with Crippen molar-refractivity contribution in [1.29, 1.82) is 0 Å². The molecule has 6 heteroatoms. The first-order valence-electron chi connectivity index (χ1n) is 5.75. The lowest BCUT2D eigenvalue weighted by Crippen LogP contribution is -2.02. The van der Waals surface area contributed by atoms with Crippen molar-refractivity contribution in [3.63, 3.8) is 0 Å². The number of nitro groups is 1. The van der Waals surface area contributed by atoms with E-state index in [0.717, 1.165) is 24.2 Å². The topological polar surface area (TPSA) is 87.0 Å². The normalized spacial score (nSPS) is 14.7. The number of nitrogens with zero attached hydrogens (tertiary/aromatic N) is 3. The van der Waals surface area contributed by atoms with Crippen LogP contribution in [0.1, 0.15) is 24.5 Å². The summed E-state index contributed by atoms with van der Waals surface area (Å²) in [6.07, 6.45) is 3.89. The Bertz CT molecular complexity index is 599. The number of hydrogen-bond acceptors (Lipinski definition) is 4. The highest BCUT2D eigenvalue weighted by atomic mass is 16.6. The van der Waals surface area contributed by atoms with Gasteiger partial charge in [0.05, 0.1) is 28.2 Å². The Balaban J connectivity index is 2.01. The Morgan fingerprint density at radius 3 is 2.56 bits per heavy atom. The Morgan fingerprint density at radius 1 is 1.33 bits per heavy atom. The first kappa shape index (κ1) is 10.8. The largest absolute Gasteiger partial charge is 0.396 e. The van der Waals surface area contributed by atoms with Gasteiger partial charge in [-0.15, -0.1) is 0 Å². The van der Waals surface area contributed by atoms with Crippen LogP contribution in [0.2, 0.25) is 0 Å².